The Morgan fingerprint density at radius 3 is 3.00 bits per heavy atom. The van der Waals surface area contributed by atoms with Crippen LogP contribution in [0.5, 0.6) is 0 Å². The average Bonchev–Trinajstić information content (AvgIpc) is 2.90. The molecule has 3 nitrogen and oxygen atoms in total. The van der Waals surface area contributed by atoms with Gasteiger partial charge in [0.05, 0.1) is 6.04 Å². The van der Waals surface area contributed by atoms with Crippen molar-refractivity contribution in [3.05, 3.63) is 18.2 Å². The second kappa shape index (κ2) is 6.20. The predicted octanol–water partition coefficient (Wildman–Crippen LogP) is 3.42. The summed E-state index contributed by atoms with van der Waals surface area (Å²) in [5.41, 5.74) is 0. The van der Waals surface area contributed by atoms with Crippen molar-refractivity contribution in [2.75, 3.05) is 0 Å². The Bertz CT molecular complexity index is 307. The van der Waals surface area contributed by atoms with Crippen LogP contribution in [0.2, 0.25) is 0 Å². The lowest BCUT2D eigenvalue weighted by Crippen LogP contribution is -2.37. The Labute approximate surface area is 104 Å². The van der Waals surface area contributed by atoms with Crippen molar-refractivity contribution in [3.63, 3.8) is 0 Å². The molecule has 1 aromatic heterocycles. The monoisotopic (exact) mass is 235 g/mol. The van der Waals surface area contributed by atoms with Crippen LogP contribution in [-0.4, -0.2) is 16.0 Å². The van der Waals surface area contributed by atoms with Gasteiger partial charge in [0.25, 0.3) is 0 Å². The molecule has 0 radical (unpaired) electrons. The summed E-state index contributed by atoms with van der Waals surface area (Å²) in [6.45, 7) is 4.54. The fraction of sp³-hybridized carbons (Fsp3) is 0.786. The molecule has 2 N–H and O–H groups in total. The summed E-state index contributed by atoms with van der Waals surface area (Å²) >= 11 is 0. The molecular weight excluding hydrogens is 210 g/mol. The smallest absolute Gasteiger partial charge is 0.123 e. The highest BCUT2D eigenvalue weighted by Crippen LogP contribution is 2.28. The van der Waals surface area contributed by atoms with Gasteiger partial charge >= 0.3 is 0 Å². The molecule has 1 saturated carbocycles. The van der Waals surface area contributed by atoms with Crippen LogP contribution in [0.3, 0.4) is 0 Å². The summed E-state index contributed by atoms with van der Waals surface area (Å²) in [4.78, 5) is 7.60. The number of H-pyrrole nitrogens is 1. The van der Waals surface area contributed by atoms with Crippen LogP contribution in [0.4, 0.5) is 0 Å². The third kappa shape index (κ3) is 3.32. The van der Waals surface area contributed by atoms with Gasteiger partial charge in [0.15, 0.2) is 0 Å². The van der Waals surface area contributed by atoms with E-state index in [1.165, 1.54) is 32.1 Å². The van der Waals surface area contributed by atoms with E-state index >= 15 is 0 Å². The van der Waals surface area contributed by atoms with Gasteiger partial charge in [-0.3, -0.25) is 0 Å². The number of imidazole rings is 1. The quantitative estimate of drug-likeness (QED) is 0.821. The first-order valence-electron chi connectivity index (χ1n) is 7.08. The number of hydrogen-bond acceptors (Lipinski definition) is 2. The summed E-state index contributed by atoms with van der Waals surface area (Å²) < 4.78 is 0. The van der Waals surface area contributed by atoms with E-state index in [2.05, 4.69) is 29.1 Å². The first-order chi connectivity index (χ1) is 8.33. The molecule has 0 amide bonds. The molecular formula is C14H25N3. The van der Waals surface area contributed by atoms with Gasteiger partial charge in [-0.05, 0) is 25.2 Å². The molecule has 3 unspecified atom stereocenters. The zero-order valence-corrected chi connectivity index (χ0v) is 11.1. The van der Waals surface area contributed by atoms with E-state index in [-0.39, 0.29) is 0 Å². The van der Waals surface area contributed by atoms with E-state index in [0.29, 0.717) is 12.1 Å². The minimum absolute atomic E-state index is 0.394. The number of rotatable bonds is 5. The lowest BCUT2D eigenvalue weighted by molar-refractivity contribution is 0.257. The van der Waals surface area contributed by atoms with E-state index in [9.17, 15) is 0 Å². The van der Waals surface area contributed by atoms with E-state index in [0.717, 1.165) is 18.2 Å². The van der Waals surface area contributed by atoms with Crippen molar-refractivity contribution in [3.8, 4) is 0 Å². The molecule has 96 valence electrons. The van der Waals surface area contributed by atoms with Crippen LogP contribution in [0.15, 0.2) is 12.4 Å². The van der Waals surface area contributed by atoms with Crippen LogP contribution in [0, 0.1) is 5.92 Å². The molecule has 3 atom stereocenters. The van der Waals surface area contributed by atoms with Crippen LogP contribution < -0.4 is 5.32 Å². The van der Waals surface area contributed by atoms with Crippen molar-refractivity contribution in [1.29, 1.82) is 0 Å². The number of aromatic nitrogens is 2. The molecule has 17 heavy (non-hydrogen) atoms. The van der Waals surface area contributed by atoms with Crippen LogP contribution in [0.1, 0.15) is 64.2 Å². The molecule has 1 aliphatic rings. The lowest BCUT2D eigenvalue weighted by atomic mass is 9.84. The molecule has 1 fully saturated rings. The molecule has 1 heterocycles. The minimum atomic E-state index is 0.394. The molecule has 0 spiro atoms. The second-order valence-corrected chi connectivity index (χ2v) is 5.24. The SMILES string of the molecule is CCC1CCCC(NC(CC)c2ncc[nH]2)C1. The number of nitrogens with zero attached hydrogens (tertiary/aromatic N) is 1. The van der Waals surface area contributed by atoms with Crippen molar-refractivity contribution in [2.24, 2.45) is 5.92 Å². The third-order valence-corrected chi connectivity index (χ3v) is 4.05. The molecule has 2 rings (SSSR count). The van der Waals surface area contributed by atoms with Gasteiger partial charge in [0.2, 0.25) is 0 Å². The summed E-state index contributed by atoms with van der Waals surface area (Å²) in [7, 11) is 0. The molecule has 1 aliphatic carbocycles. The maximum absolute atomic E-state index is 4.37. The minimum Gasteiger partial charge on any atom is -0.347 e. The summed E-state index contributed by atoms with van der Waals surface area (Å²) in [5.74, 6) is 2.02. The third-order valence-electron chi connectivity index (χ3n) is 4.05. The van der Waals surface area contributed by atoms with Gasteiger partial charge in [-0.1, -0.05) is 33.1 Å². The van der Waals surface area contributed by atoms with Crippen LogP contribution in [-0.2, 0) is 0 Å². The normalized spacial score (nSPS) is 26.9. The van der Waals surface area contributed by atoms with Gasteiger partial charge in [0.1, 0.15) is 5.82 Å². The summed E-state index contributed by atoms with van der Waals surface area (Å²) in [5, 5.41) is 3.78. The highest BCUT2D eigenvalue weighted by molar-refractivity contribution is 4.96. The zero-order chi connectivity index (χ0) is 12.1. The fourth-order valence-electron chi connectivity index (χ4n) is 2.96. The van der Waals surface area contributed by atoms with Gasteiger partial charge in [-0.2, -0.15) is 0 Å². The standard InChI is InChI=1S/C14H25N3/c1-3-11-6-5-7-12(10-11)17-13(4-2)14-15-8-9-16-14/h8-9,11-13,17H,3-7,10H2,1-2H3,(H,15,16). The Balaban J connectivity index is 1.90. The Morgan fingerprint density at radius 2 is 2.35 bits per heavy atom. The largest absolute Gasteiger partial charge is 0.347 e. The average molecular weight is 235 g/mol. The van der Waals surface area contributed by atoms with Crippen molar-refractivity contribution < 1.29 is 0 Å². The molecule has 0 saturated heterocycles. The zero-order valence-electron chi connectivity index (χ0n) is 11.1. The van der Waals surface area contributed by atoms with E-state index < -0.39 is 0 Å². The van der Waals surface area contributed by atoms with Gasteiger partial charge in [-0.25, -0.2) is 4.98 Å². The number of nitrogens with one attached hydrogen (secondary N) is 2. The predicted molar refractivity (Wildman–Crippen MR) is 70.8 cm³/mol. The molecule has 3 heteroatoms. The molecule has 0 aliphatic heterocycles. The van der Waals surface area contributed by atoms with E-state index in [4.69, 9.17) is 0 Å². The summed E-state index contributed by atoms with van der Waals surface area (Å²) in [6, 6.07) is 1.08. The maximum atomic E-state index is 4.37. The van der Waals surface area contributed by atoms with Crippen molar-refractivity contribution in [1.82, 2.24) is 15.3 Å². The van der Waals surface area contributed by atoms with Crippen LogP contribution in [0.25, 0.3) is 0 Å². The number of aromatic amines is 1. The second-order valence-electron chi connectivity index (χ2n) is 5.24. The van der Waals surface area contributed by atoms with Crippen LogP contribution >= 0.6 is 0 Å². The topological polar surface area (TPSA) is 40.7 Å². The first kappa shape index (κ1) is 12.6. The highest BCUT2D eigenvalue weighted by Gasteiger charge is 2.23. The van der Waals surface area contributed by atoms with Gasteiger partial charge in [-0.15, -0.1) is 0 Å². The van der Waals surface area contributed by atoms with Crippen molar-refractivity contribution in [2.45, 2.75) is 64.5 Å². The van der Waals surface area contributed by atoms with Gasteiger partial charge < -0.3 is 10.3 Å². The molecule has 0 bridgehead atoms. The molecule has 1 aromatic rings. The highest BCUT2D eigenvalue weighted by atomic mass is 15.0. The molecule has 0 aromatic carbocycles. The number of hydrogen-bond donors (Lipinski definition) is 2. The lowest BCUT2D eigenvalue weighted by Gasteiger charge is -2.31. The Kier molecular flexibility index (Phi) is 4.60. The first-order valence-corrected chi connectivity index (χ1v) is 7.08. The Morgan fingerprint density at radius 1 is 1.47 bits per heavy atom. The maximum Gasteiger partial charge on any atom is 0.123 e. The van der Waals surface area contributed by atoms with E-state index in [1.54, 1.807) is 0 Å². The van der Waals surface area contributed by atoms with E-state index in [1.807, 2.05) is 12.4 Å². The fourth-order valence-corrected chi connectivity index (χ4v) is 2.96. The summed E-state index contributed by atoms with van der Waals surface area (Å²) in [6.07, 6.45) is 11.7. The van der Waals surface area contributed by atoms with Crippen molar-refractivity contribution >= 4 is 0 Å². The van der Waals surface area contributed by atoms with Gasteiger partial charge in [0, 0.05) is 18.4 Å². The Hall–Kier alpha value is -0.830.